The highest BCUT2D eigenvalue weighted by Crippen LogP contribution is 2.35. The van der Waals surface area contributed by atoms with Crippen LogP contribution in [0.2, 0.25) is 5.15 Å². The Morgan fingerprint density at radius 1 is 1.11 bits per heavy atom. The zero-order valence-electron chi connectivity index (χ0n) is 19.8. The van der Waals surface area contributed by atoms with Crippen LogP contribution in [0.4, 0.5) is 11.6 Å². The minimum absolute atomic E-state index is 0. The van der Waals surface area contributed by atoms with E-state index in [0.29, 0.717) is 30.0 Å². The van der Waals surface area contributed by atoms with Gasteiger partial charge in [0.2, 0.25) is 0 Å². The van der Waals surface area contributed by atoms with E-state index < -0.39 is 5.91 Å². The van der Waals surface area contributed by atoms with Crippen LogP contribution in [0, 0.1) is 5.92 Å². The number of nitrogens with zero attached hydrogens (tertiary/aromatic N) is 4. The maximum Gasteiger partial charge on any atom is 0.280 e. The van der Waals surface area contributed by atoms with Gasteiger partial charge in [0.1, 0.15) is 12.6 Å². The van der Waals surface area contributed by atoms with Gasteiger partial charge in [0, 0.05) is 19.4 Å². The minimum atomic E-state index is -0.666. The number of hydrogen-bond donors (Lipinski definition) is 5. The summed E-state index contributed by atoms with van der Waals surface area (Å²) < 4.78 is 0.676. The highest BCUT2D eigenvalue weighted by Gasteiger charge is 2.47. The summed E-state index contributed by atoms with van der Waals surface area (Å²) in [5.74, 6) is -0.507. The smallest absolute Gasteiger partial charge is 0.280 e. The molecular weight excluding hydrogens is 505 g/mol. The minimum Gasteiger partial charge on any atom is -1.00 e. The summed E-state index contributed by atoms with van der Waals surface area (Å²) >= 11 is 5.85. The van der Waals surface area contributed by atoms with E-state index in [0.717, 1.165) is 32.4 Å². The van der Waals surface area contributed by atoms with Crippen LogP contribution in [0.25, 0.3) is 0 Å². The fraction of sp³-hybridized carbons (Fsp3) is 0.435. The van der Waals surface area contributed by atoms with E-state index in [1.54, 1.807) is 0 Å². The number of halogens is 2. The van der Waals surface area contributed by atoms with Gasteiger partial charge >= 0.3 is 0 Å². The summed E-state index contributed by atoms with van der Waals surface area (Å²) in [6.07, 6.45) is 2.71. The van der Waals surface area contributed by atoms with E-state index in [1.807, 2.05) is 18.2 Å². The summed E-state index contributed by atoms with van der Waals surface area (Å²) in [7, 11) is 0. The molecule has 0 aliphatic carbocycles. The maximum atomic E-state index is 12.7. The van der Waals surface area contributed by atoms with Crippen molar-refractivity contribution >= 4 is 41.0 Å². The highest BCUT2D eigenvalue weighted by molar-refractivity contribution is 6.31. The number of carbonyl (C=O) groups is 2. The van der Waals surface area contributed by atoms with Crippen LogP contribution in [-0.2, 0) is 11.2 Å². The average Bonchev–Trinajstić information content (AvgIpc) is 2.82. The maximum absolute atomic E-state index is 12.7. The fourth-order valence-corrected chi connectivity index (χ4v) is 5.09. The second-order valence-electron chi connectivity index (χ2n) is 9.22. The van der Waals surface area contributed by atoms with Crippen LogP contribution in [0.3, 0.4) is 0 Å². The van der Waals surface area contributed by atoms with Gasteiger partial charge in [0.25, 0.3) is 11.8 Å². The van der Waals surface area contributed by atoms with Gasteiger partial charge in [0.05, 0.1) is 13.1 Å². The second kappa shape index (κ2) is 11.7. The van der Waals surface area contributed by atoms with Gasteiger partial charge in [-0.25, -0.2) is 15.0 Å². The van der Waals surface area contributed by atoms with Crippen LogP contribution < -0.4 is 40.2 Å². The van der Waals surface area contributed by atoms with Crippen molar-refractivity contribution in [2.24, 2.45) is 16.6 Å². The van der Waals surface area contributed by atoms with Crippen molar-refractivity contribution in [3.05, 3.63) is 46.7 Å². The van der Waals surface area contributed by atoms with E-state index >= 15 is 0 Å². The number of fused-ring (bicyclic) bond motifs is 3. The van der Waals surface area contributed by atoms with Crippen molar-refractivity contribution in [3.8, 4) is 0 Å². The zero-order chi connectivity index (χ0) is 25.0. The Bertz CT molecular complexity index is 1120. The Kier molecular flexibility index (Phi) is 8.93. The van der Waals surface area contributed by atoms with Crippen molar-refractivity contribution in [1.82, 2.24) is 20.6 Å². The first-order chi connectivity index (χ1) is 16.7. The van der Waals surface area contributed by atoms with Crippen molar-refractivity contribution in [3.63, 3.8) is 0 Å². The molecule has 3 fully saturated rings. The molecule has 3 saturated heterocycles. The standard InChI is InChI=1S/C23H30ClN9O2.ClH/c24-19-21(26)31-20(25)18(30-19)22(35)32-23(27)29-16-12-33(10-7-15(16)8-11-33)13-17(34)28-9-6-14-4-2-1-3-5-14;/h1-5,15-16H,6-13H2,(H7-,25,26,27,28,29,31,32,34,35);1H/t15?,16-,33?;/m1./s1. The van der Waals surface area contributed by atoms with Crippen LogP contribution in [0.15, 0.2) is 35.3 Å². The number of amides is 2. The predicted octanol–water partition coefficient (Wildman–Crippen LogP) is -2.69. The van der Waals surface area contributed by atoms with Gasteiger partial charge in [-0.1, -0.05) is 41.9 Å². The van der Waals surface area contributed by atoms with Gasteiger partial charge in [0.15, 0.2) is 35.0 Å². The molecule has 0 unspecified atom stereocenters. The quantitative estimate of drug-likeness (QED) is 0.146. The Morgan fingerprint density at radius 3 is 2.50 bits per heavy atom. The third-order valence-electron chi connectivity index (χ3n) is 6.79. The normalized spacial score (nSPS) is 23.0. The van der Waals surface area contributed by atoms with E-state index in [9.17, 15) is 9.59 Å². The number of piperidine rings is 3. The second-order valence-corrected chi connectivity index (χ2v) is 9.58. The highest BCUT2D eigenvalue weighted by atomic mass is 35.5. The molecule has 3 aliphatic heterocycles. The van der Waals surface area contributed by atoms with Crippen molar-refractivity contribution in [1.29, 1.82) is 0 Å². The topological polar surface area (TPSA) is 174 Å². The lowest BCUT2D eigenvalue weighted by atomic mass is 9.82. The molecule has 2 bridgehead atoms. The lowest BCUT2D eigenvalue weighted by Crippen LogP contribution is -3.00. The number of nitrogens with one attached hydrogen (secondary N) is 2. The van der Waals surface area contributed by atoms with E-state index in [-0.39, 0.29) is 52.8 Å². The van der Waals surface area contributed by atoms with Gasteiger partial charge in [-0.15, -0.1) is 0 Å². The molecule has 1 atom stereocenters. The first kappa shape index (κ1) is 27.4. The van der Waals surface area contributed by atoms with E-state index in [4.69, 9.17) is 28.8 Å². The number of guanidine groups is 1. The SMILES string of the molecule is NC(=N[C@@H]1C[N+]2(CC(=O)NCCc3ccccc3)CCC1CC2)NC(=O)c1nc(Cl)c(N)nc1N.[Cl-]. The molecule has 0 radical (unpaired) electrons. The summed E-state index contributed by atoms with van der Waals surface area (Å²) in [6, 6.07) is 9.99. The zero-order valence-corrected chi connectivity index (χ0v) is 21.3. The summed E-state index contributed by atoms with van der Waals surface area (Å²) in [5, 5.41) is 5.44. The summed E-state index contributed by atoms with van der Waals surface area (Å²) in [6.45, 7) is 3.59. The molecule has 1 aromatic heterocycles. The summed E-state index contributed by atoms with van der Waals surface area (Å²) in [4.78, 5) is 37.5. The number of anilines is 2. The average molecular weight is 536 g/mol. The third kappa shape index (κ3) is 6.54. The molecule has 0 spiro atoms. The fourth-order valence-electron chi connectivity index (χ4n) is 4.96. The number of rotatable bonds is 7. The number of aliphatic imine (C=N–C) groups is 1. The molecule has 4 heterocycles. The van der Waals surface area contributed by atoms with Crippen LogP contribution >= 0.6 is 11.6 Å². The van der Waals surface area contributed by atoms with Gasteiger partial charge in [-0.05, 0) is 17.9 Å². The number of nitrogens with two attached hydrogens (primary N) is 3. The van der Waals surface area contributed by atoms with Crippen molar-refractivity contribution < 1.29 is 26.5 Å². The van der Waals surface area contributed by atoms with Gasteiger partial charge in [-0.2, -0.15) is 0 Å². The molecule has 1 aromatic carbocycles. The van der Waals surface area contributed by atoms with Crippen LogP contribution in [0.1, 0.15) is 28.9 Å². The molecule has 36 heavy (non-hydrogen) atoms. The van der Waals surface area contributed by atoms with E-state index in [1.165, 1.54) is 5.56 Å². The molecule has 8 N–H and O–H groups in total. The Balaban J connectivity index is 0.00000361. The van der Waals surface area contributed by atoms with Gasteiger partial charge in [-0.3, -0.25) is 14.9 Å². The number of carbonyl (C=O) groups excluding carboxylic acids is 2. The lowest BCUT2D eigenvalue weighted by molar-refractivity contribution is -0.936. The predicted molar refractivity (Wildman–Crippen MR) is 134 cm³/mol. The lowest BCUT2D eigenvalue weighted by Gasteiger charge is -2.51. The Morgan fingerprint density at radius 2 is 1.81 bits per heavy atom. The third-order valence-corrected chi connectivity index (χ3v) is 7.07. The number of hydrogen-bond acceptors (Lipinski definition) is 7. The molecule has 3 aliphatic rings. The molecule has 194 valence electrons. The Hall–Kier alpha value is -3.15. The number of quaternary nitrogens is 1. The monoisotopic (exact) mass is 535 g/mol. The molecule has 0 saturated carbocycles. The molecule has 2 amide bonds. The molecular formula is C23H31Cl2N9O2. The van der Waals surface area contributed by atoms with E-state index in [2.05, 4.69) is 37.7 Å². The first-order valence-electron chi connectivity index (χ1n) is 11.6. The van der Waals surface area contributed by atoms with Crippen LogP contribution in [-0.4, -0.2) is 71.0 Å². The molecule has 13 heteroatoms. The number of aromatic nitrogens is 2. The molecule has 5 rings (SSSR count). The Labute approximate surface area is 220 Å². The summed E-state index contributed by atoms with van der Waals surface area (Å²) in [5.41, 5.74) is 18.4. The van der Waals surface area contributed by atoms with Crippen LogP contribution in [0.5, 0.6) is 0 Å². The first-order valence-corrected chi connectivity index (χ1v) is 12.0. The van der Waals surface area contributed by atoms with Crippen molar-refractivity contribution in [2.75, 3.05) is 44.2 Å². The number of benzene rings is 1. The molecule has 11 nitrogen and oxygen atoms in total. The largest absolute Gasteiger partial charge is 1.00 e. The number of nitrogen functional groups attached to an aromatic ring is 2. The van der Waals surface area contributed by atoms with Crippen molar-refractivity contribution in [2.45, 2.75) is 25.3 Å². The van der Waals surface area contributed by atoms with Gasteiger partial charge < -0.3 is 39.4 Å². The molecule has 2 aromatic rings.